The van der Waals surface area contributed by atoms with Crippen LogP contribution in [0.2, 0.25) is 0 Å². The van der Waals surface area contributed by atoms with Crippen molar-refractivity contribution in [3.63, 3.8) is 0 Å². The highest BCUT2D eigenvalue weighted by Crippen LogP contribution is 2.15. The average Bonchev–Trinajstić information content (AvgIpc) is 2.09. The molecule has 0 fully saturated rings. The molecule has 0 radical (unpaired) electrons. The minimum atomic E-state index is 0.925. The summed E-state index contributed by atoms with van der Waals surface area (Å²) in [6, 6.07) is 6.25. The fraction of sp³-hybridized carbons (Fsp3) is 0.167. The Labute approximate surface area is 74.2 Å². The summed E-state index contributed by atoms with van der Waals surface area (Å²) in [7, 11) is 0. The fourth-order valence-corrected chi connectivity index (χ4v) is 1.34. The highest BCUT2D eigenvalue weighted by molar-refractivity contribution is 5.54. The Balaban J connectivity index is 3.18. The van der Waals surface area contributed by atoms with E-state index in [4.69, 9.17) is 0 Å². The molecule has 12 heavy (non-hydrogen) atoms. The first kappa shape index (κ1) is 8.79. The van der Waals surface area contributed by atoms with Crippen LogP contribution < -0.4 is 0 Å². The molecular formula is C12H14. The summed E-state index contributed by atoms with van der Waals surface area (Å²) >= 11 is 0. The van der Waals surface area contributed by atoms with E-state index in [2.05, 4.69) is 38.3 Å². The molecule has 0 spiro atoms. The van der Waals surface area contributed by atoms with Gasteiger partial charge in [0.2, 0.25) is 0 Å². The molecule has 0 nitrogen and oxygen atoms in total. The molecule has 0 aliphatic carbocycles. The normalized spacial score (nSPS) is 9.42. The van der Waals surface area contributed by atoms with Gasteiger partial charge in [0.25, 0.3) is 0 Å². The van der Waals surface area contributed by atoms with Gasteiger partial charge in [0, 0.05) is 0 Å². The highest BCUT2D eigenvalue weighted by atomic mass is 14.0. The molecule has 62 valence electrons. The predicted molar refractivity (Wildman–Crippen MR) is 55.2 cm³/mol. The Morgan fingerprint density at radius 2 is 2.08 bits per heavy atom. The summed E-state index contributed by atoms with van der Waals surface area (Å²) < 4.78 is 0. The standard InChI is InChI=1S/C12H14/c1-4-7-12-10(3)8-6-9-11(12)5-2/h4-6,8-9H,1-2,7H2,3H3. The summed E-state index contributed by atoms with van der Waals surface area (Å²) in [6.45, 7) is 9.64. The molecule has 0 aromatic heterocycles. The van der Waals surface area contributed by atoms with Crippen LogP contribution in [0.5, 0.6) is 0 Å². The van der Waals surface area contributed by atoms with Crippen LogP contribution in [0.4, 0.5) is 0 Å². The number of rotatable bonds is 3. The Bertz CT molecular complexity index is 295. The van der Waals surface area contributed by atoms with Gasteiger partial charge in [-0.1, -0.05) is 36.9 Å². The first-order valence-electron chi connectivity index (χ1n) is 4.11. The summed E-state index contributed by atoms with van der Waals surface area (Å²) in [4.78, 5) is 0. The summed E-state index contributed by atoms with van der Waals surface area (Å²) in [6.07, 6.45) is 4.75. The largest absolute Gasteiger partial charge is 0.103 e. The van der Waals surface area contributed by atoms with Crippen molar-refractivity contribution in [3.8, 4) is 0 Å². The first-order valence-corrected chi connectivity index (χ1v) is 4.11. The lowest BCUT2D eigenvalue weighted by Crippen LogP contribution is -1.90. The molecule has 0 aliphatic heterocycles. The van der Waals surface area contributed by atoms with E-state index in [1.54, 1.807) is 0 Å². The topological polar surface area (TPSA) is 0 Å². The van der Waals surface area contributed by atoms with Crippen LogP contribution in [0.1, 0.15) is 16.7 Å². The lowest BCUT2D eigenvalue weighted by molar-refractivity contribution is 1.21. The molecule has 0 heterocycles. The van der Waals surface area contributed by atoms with E-state index in [1.807, 2.05) is 12.2 Å². The van der Waals surface area contributed by atoms with Gasteiger partial charge in [-0.25, -0.2) is 0 Å². The molecule has 0 heteroatoms. The third-order valence-electron chi connectivity index (χ3n) is 2.01. The van der Waals surface area contributed by atoms with Gasteiger partial charge in [-0.05, 0) is 30.0 Å². The molecule has 0 amide bonds. The summed E-state index contributed by atoms with van der Waals surface area (Å²) in [5.41, 5.74) is 3.87. The monoisotopic (exact) mass is 158 g/mol. The van der Waals surface area contributed by atoms with Crippen LogP contribution in [-0.4, -0.2) is 0 Å². The molecule has 1 rings (SSSR count). The molecule has 1 aromatic carbocycles. The van der Waals surface area contributed by atoms with Gasteiger partial charge in [0.15, 0.2) is 0 Å². The van der Waals surface area contributed by atoms with Gasteiger partial charge in [-0.15, -0.1) is 6.58 Å². The van der Waals surface area contributed by atoms with Crippen molar-refractivity contribution in [2.45, 2.75) is 13.3 Å². The molecule has 1 aromatic rings. The van der Waals surface area contributed by atoms with Gasteiger partial charge < -0.3 is 0 Å². The highest BCUT2D eigenvalue weighted by Gasteiger charge is 1.99. The quantitative estimate of drug-likeness (QED) is 0.592. The van der Waals surface area contributed by atoms with Crippen LogP contribution >= 0.6 is 0 Å². The zero-order valence-electron chi connectivity index (χ0n) is 7.51. The fourth-order valence-electron chi connectivity index (χ4n) is 1.34. The van der Waals surface area contributed by atoms with Gasteiger partial charge >= 0.3 is 0 Å². The summed E-state index contributed by atoms with van der Waals surface area (Å²) in [5.74, 6) is 0. The van der Waals surface area contributed by atoms with Gasteiger partial charge in [0.05, 0.1) is 0 Å². The molecule has 0 saturated carbocycles. The smallest absolute Gasteiger partial charge is 0.00916 e. The second-order valence-corrected chi connectivity index (χ2v) is 2.84. The average molecular weight is 158 g/mol. The Morgan fingerprint density at radius 3 is 2.67 bits per heavy atom. The van der Waals surface area contributed by atoms with Crippen LogP contribution in [0.15, 0.2) is 37.4 Å². The maximum Gasteiger partial charge on any atom is -0.00916 e. The number of hydrogen-bond acceptors (Lipinski definition) is 0. The Morgan fingerprint density at radius 1 is 1.33 bits per heavy atom. The molecule has 0 atom stereocenters. The predicted octanol–water partition coefficient (Wildman–Crippen LogP) is 3.37. The number of benzene rings is 1. The van der Waals surface area contributed by atoms with E-state index in [9.17, 15) is 0 Å². The van der Waals surface area contributed by atoms with Crippen molar-refractivity contribution >= 4 is 6.08 Å². The van der Waals surface area contributed by atoms with Crippen molar-refractivity contribution in [2.75, 3.05) is 0 Å². The zero-order valence-corrected chi connectivity index (χ0v) is 7.51. The maximum atomic E-state index is 3.78. The van der Waals surface area contributed by atoms with Crippen molar-refractivity contribution < 1.29 is 0 Å². The van der Waals surface area contributed by atoms with Crippen LogP contribution in [-0.2, 0) is 6.42 Å². The van der Waals surface area contributed by atoms with E-state index >= 15 is 0 Å². The maximum absolute atomic E-state index is 3.78. The molecular weight excluding hydrogens is 144 g/mol. The van der Waals surface area contributed by atoms with Crippen LogP contribution in [0, 0.1) is 6.92 Å². The number of allylic oxidation sites excluding steroid dienone is 1. The van der Waals surface area contributed by atoms with Crippen molar-refractivity contribution in [1.82, 2.24) is 0 Å². The molecule has 0 aliphatic rings. The van der Waals surface area contributed by atoms with E-state index in [0.29, 0.717) is 0 Å². The van der Waals surface area contributed by atoms with Gasteiger partial charge in [-0.2, -0.15) is 0 Å². The van der Waals surface area contributed by atoms with E-state index in [-0.39, 0.29) is 0 Å². The molecule has 0 N–H and O–H groups in total. The van der Waals surface area contributed by atoms with E-state index in [1.165, 1.54) is 16.7 Å². The SMILES string of the molecule is C=CCc1c(C)cccc1C=C. The zero-order chi connectivity index (χ0) is 8.97. The second-order valence-electron chi connectivity index (χ2n) is 2.84. The number of aryl methyl sites for hydroxylation is 1. The molecule has 0 bridgehead atoms. The summed E-state index contributed by atoms with van der Waals surface area (Å²) in [5, 5.41) is 0. The minimum absolute atomic E-state index is 0.925. The van der Waals surface area contributed by atoms with Gasteiger partial charge in [-0.3, -0.25) is 0 Å². The lowest BCUT2D eigenvalue weighted by Gasteiger charge is -2.06. The number of hydrogen-bond donors (Lipinski definition) is 0. The second kappa shape index (κ2) is 3.91. The van der Waals surface area contributed by atoms with Crippen LogP contribution in [0.25, 0.3) is 6.08 Å². The van der Waals surface area contributed by atoms with E-state index < -0.39 is 0 Å². The van der Waals surface area contributed by atoms with Gasteiger partial charge in [0.1, 0.15) is 0 Å². The van der Waals surface area contributed by atoms with Crippen molar-refractivity contribution in [2.24, 2.45) is 0 Å². The Kier molecular flexibility index (Phi) is 2.87. The van der Waals surface area contributed by atoms with Crippen LogP contribution in [0.3, 0.4) is 0 Å². The van der Waals surface area contributed by atoms with E-state index in [0.717, 1.165) is 6.42 Å². The van der Waals surface area contributed by atoms with Crippen molar-refractivity contribution in [1.29, 1.82) is 0 Å². The minimum Gasteiger partial charge on any atom is -0.103 e. The molecule has 0 unspecified atom stereocenters. The first-order chi connectivity index (χ1) is 5.79. The third-order valence-corrected chi connectivity index (χ3v) is 2.01. The third kappa shape index (κ3) is 1.65. The Hall–Kier alpha value is -1.30. The molecule has 0 saturated heterocycles. The lowest BCUT2D eigenvalue weighted by atomic mass is 9.99. The van der Waals surface area contributed by atoms with Crippen molar-refractivity contribution in [3.05, 3.63) is 54.1 Å².